The van der Waals surface area contributed by atoms with Gasteiger partial charge in [-0.2, -0.15) is 5.10 Å². The van der Waals surface area contributed by atoms with E-state index >= 15 is 0 Å². The van der Waals surface area contributed by atoms with Crippen LogP contribution < -0.4 is 5.32 Å². The van der Waals surface area contributed by atoms with Crippen molar-refractivity contribution in [3.05, 3.63) is 66.0 Å². The standard InChI is InChI=1S/C20H23N3O3/c1-5-13-21-20(25)16(4)26-19(24)12-11-18-14(2)22-23(15(18)3)17-9-7-6-8-10-17/h5-12,16H,1,13H2,2-4H3,(H,21,25)/b12-11+/t16-/m0/s1. The van der Waals surface area contributed by atoms with E-state index in [1.165, 1.54) is 13.0 Å². The van der Waals surface area contributed by atoms with Gasteiger partial charge in [-0.1, -0.05) is 24.3 Å². The van der Waals surface area contributed by atoms with E-state index in [0.717, 1.165) is 22.6 Å². The number of hydrogen-bond acceptors (Lipinski definition) is 4. The summed E-state index contributed by atoms with van der Waals surface area (Å²) in [6.45, 7) is 9.18. The van der Waals surface area contributed by atoms with Crippen LogP contribution in [0.2, 0.25) is 0 Å². The van der Waals surface area contributed by atoms with Crippen molar-refractivity contribution in [2.75, 3.05) is 6.54 Å². The molecule has 1 aromatic heterocycles. The molecule has 1 aromatic carbocycles. The van der Waals surface area contributed by atoms with Crippen molar-refractivity contribution in [3.63, 3.8) is 0 Å². The van der Waals surface area contributed by atoms with Gasteiger partial charge in [0.05, 0.1) is 11.4 Å². The molecule has 1 N–H and O–H groups in total. The Balaban J connectivity index is 2.08. The van der Waals surface area contributed by atoms with Gasteiger partial charge in [0.25, 0.3) is 5.91 Å². The Morgan fingerprint density at radius 2 is 2.00 bits per heavy atom. The number of esters is 1. The minimum absolute atomic E-state index is 0.327. The van der Waals surface area contributed by atoms with Gasteiger partial charge in [0, 0.05) is 23.9 Å². The minimum Gasteiger partial charge on any atom is -0.449 e. The molecule has 1 heterocycles. The Morgan fingerprint density at radius 1 is 1.31 bits per heavy atom. The SMILES string of the molecule is C=CCNC(=O)[C@H](C)OC(=O)/C=C/c1c(C)nn(-c2ccccc2)c1C. The van der Waals surface area contributed by atoms with Gasteiger partial charge >= 0.3 is 5.97 Å². The van der Waals surface area contributed by atoms with Crippen molar-refractivity contribution in [3.8, 4) is 5.69 Å². The third-order valence-electron chi connectivity index (χ3n) is 3.82. The number of carbonyl (C=O) groups excluding carboxylic acids is 2. The molecule has 0 aliphatic carbocycles. The van der Waals surface area contributed by atoms with E-state index in [4.69, 9.17) is 4.74 Å². The van der Waals surface area contributed by atoms with Gasteiger partial charge in [-0.3, -0.25) is 4.79 Å². The molecule has 6 nitrogen and oxygen atoms in total. The van der Waals surface area contributed by atoms with Crippen LogP contribution in [0.25, 0.3) is 11.8 Å². The normalized spacial score (nSPS) is 12.0. The van der Waals surface area contributed by atoms with Crippen LogP contribution in [0, 0.1) is 13.8 Å². The summed E-state index contributed by atoms with van der Waals surface area (Å²) in [6.07, 6.45) is 3.65. The monoisotopic (exact) mass is 353 g/mol. The van der Waals surface area contributed by atoms with Crippen LogP contribution in [-0.2, 0) is 14.3 Å². The average Bonchev–Trinajstić information content (AvgIpc) is 2.92. The molecule has 0 aliphatic rings. The third-order valence-corrected chi connectivity index (χ3v) is 3.82. The summed E-state index contributed by atoms with van der Waals surface area (Å²) in [5.74, 6) is -0.951. The van der Waals surface area contributed by atoms with E-state index in [1.54, 1.807) is 12.2 Å². The zero-order valence-corrected chi connectivity index (χ0v) is 15.2. The molecule has 136 valence electrons. The highest BCUT2D eigenvalue weighted by Crippen LogP contribution is 2.19. The Hall–Kier alpha value is -3.15. The Morgan fingerprint density at radius 3 is 2.65 bits per heavy atom. The molecular weight excluding hydrogens is 330 g/mol. The molecule has 1 amide bonds. The molecule has 26 heavy (non-hydrogen) atoms. The van der Waals surface area contributed by atoms with Crippen molar-refractivity contribution in [1.82, 2.24) is 15.1 Å². The van der Waals surface area contributed by atoms with Crippen LogP contribution in [-0.4, -0.2) is 34.3 Å². The molecule has 0 fully saturated rings. The van der Waals surface area contributed by atoms with E-state index in [0.29, 0.717) is 6.54 Å². The Bertz CT molecular complexity index is 822. The lowest BCUT2D eigenvalue weighted by atomic mass is 10.2. The summed E-state index contributed by atoms with van der Waals surface area (Å²) in [6, 6.07) is 9.75. The highest BCUT2D eigenvalue weighted by molar-refractivity contribution is 5.90. The molecule has 2 rings (SSSR count). The summed E-state index contributed by atoms with van der Waals surface area (Å²) >= 11 is 0. The summed E-state index contributed by atoms with van der Waals surface area (Å²) in [5, 5.41) is 7.10. The van der Waals surface area contributed by atoms with Crippen LogP contribution in [0.15, 0.2) is 49.1 Å². The first-order valence-corrected chi connectivity index (χ1v) is 8.33. The molecule has 0 saturated carbocycles. The number of hydrogen-bond donors (Lipinski definition) is 1. The number of nitrogens with zero attached hydrogens (tertiary/aromatic N) is 2. The van der Waals surface area contributed by atoms with Crippen molar-refractivity contribution in [2.24, 2.45) is 0 Å². The molecule has 0 saturated heterocycles. The fraction of sp³-hybridized carbons (Fsp3) is 0.250. The summed E-state index contributed by atoms with van der Waals surface area (Å²) in [7, 11) is 0. The van der Waals surface area contributed by atoms with E-state index in [-0.39, 0.29) is 5.91 Å². The second kappa shape index (κ2) is 8.80. The largest absolute Gasteiger partial charge is 0.449 e. The first-order valence-electron chi connectivity index (χ1n) is 8.33. The number of aryl methyl sites for hydroxylation is 1. The van der Waals surface area contributed by atoms with Gasteiger partial charge in [-0.15, -0.1) is 6.58 Å². The molecule has 0 spiro atoms. The van der Waals surface area contributed by atoms with E-state index in [2.05, 4.69) is 17.0 Å². The number of carbonyl (C=O) groups is 2. The zero-order chi connectivity index (χ0) is 19.1. The van der Waals surface area contributed by atoms with Crippen molar-refractivity contribution < 1.29 is 14.3 Å². The number of benzene rings is 1. The van der Waals surface area contributed by atoms with E-state index < -0.39 is 12.1 Å². The number of para-hydroxylation sites is 1. The second-order valence-electron chi connectivity index (χ2n) is 5.78. The minimum atomic E-state index is -0.874. The summed E-state index contributed by atoms with van der Waals surface area (Å²) < 4.78 is 6.93. The maximum absolute atomic E-state index is 12.0. The van der Waals surface area contributed by atoms with Crippen molar-refractivity contribution >= 4 is 18.0 Å². The van der Waals surface area contributed by atoms with Crippen molar-refractivity contribution in [1.29, 1.82) is 0 Å². The number of ether oxygens (including phenoxy) is 1. The lowest BCUT2D eigenvalue weighted by Crippen LogP contribution is -2.35. The third kappa shape index (κ3) is 4.69. The highest BCUT2D eigenvalue weighted by atomic mass is 16.5. The van der Waals surface area contributed by atoms with E-state index in [9.17, 15) is 9.59 Å². The van der Waals surface area contributed by atoms with E-state index in [1.807, 2.05) is 48.9 Å². The molecule has 6 heteroatoms. The van der Waals surface area contributed by atoms with Crippen molar-refractivity contribution in [2.45, 2.75) is 26.9 Å². The van der Waals surface area contributed by atoms with Gasteiger partial charge in [-0.05, 0) is 39.0 Å². The molecule has 0 radical (unpaired) electrons. The Kier molecular flexibility index (Phi) is 6.49. The number of aromatic nitrogens is 2. The average molecular weight is 353 g/mol. The predicted octanol–water partition coefficient (Wildman–Crippen LogP) is 2.74. The van der Waals surface area contributed by atoms with Gasteiger partial charge in [0.15, 0.2) is 6.10 Å². The van der Waals surface area contributed by atoms with Crippen LogP contribution in [0.3, 0.4) is 0 Å². The lowest BCUT2D eigenvalue weighted by Gasteiger charge is -2.11. The topological polar surface area (TPSA) is 73.2 Å². The van der Waals surface area contributed by atoms with Crippen LogP contribution in [0.1, 0.15) is 23.9 Å². The van der Waals surface area contributed by atoms with Crippen LogP contribution in [0.5, 0.6) is 0 Å². The maximum Gasteiger partial charge on any atom is 0.331 e. The first kappa shape index (κ1) is 19.2. The highest BCUT2D eigenvalue weighted by Gasteiger charge is 2.16. The quantitative estimate of drug-likeness (QED) is 0.472. The fourth-order valence-electron chi connectivity index (χ4n) is 2.45. The summed E-state index contributed by atoms with van der Waals surface area (Å²) in [5.41, 5.74) is 3.50. The van der Waals surface area contributed by atoms with Gasteiger partial charge < -0.3 is 10.1 Å². The predicted molar refractivity (Wildman–Crippen MR) is 101 cm³/mol. The molecular formula is C20H23N3O3. The second-order valence-corrected chi connectivity index (χ2v) is 5.78. The lowest BCUT2D eigenvalue weighted by molar-refractivity contribution is -0.150. The van der Waals surface area contributed by atoms with Gasteiger partial charge in [0.1, 0.15) is 0 Å². The molecule has 0 unspecified atom stereocenters. The summed E-state index contributed by atoms with van der Waals surface area (Å²) in [4.78, 5) is 23.7. The van der Waals surface area contributed by atoms with Gasteiger partial charge in [0.2, 0.25) is 0 Å². The number of amides is 1. The first-order chi connectivity index (χ1) is 12.4. The fourth-order valence-corrected chi connectivity index (χ4v) is 2.45. The number of rotatable bonds is 7. The molecule has 2 aromatic rings. The molecule has 0 bridgehead atoms. The maximum atomic E-state index is 12.0. The zero-order valence-electron chi connectivity index (χ0n) is 15.2. The van der Waals surface area contributed by atoms with Crippen LogP contribution >= 0.6 is 0 Å². The van der Waals surface area contributed by atoms with Gasteiger partial charge in [-0.25, -0.2) is 9.48 Å². The molecule has 1 atom stereocenters. The Labute approximate surface area is 153 Å². The smallest absolute Gasteiger partial charge is 0.331 e. The van der Waals surface area contributed by atoms with Crippen LogP contribution in [0.4, 0.5) is 0 Å². The number of nitrogens with one attached hydrogen (secondary N) is 1. The molecule has 0 aliphatic heterocycles.